The van der Waals surface area contributed by atoms with E-state index >= 15 is 0 Å². The monoisotopic (exact) mass is 498 g/mol. The van der Waals surface area contributed by atoms with Crippen molar-refractivity contribution in [1.29, 1.82) is 0 Å². The van der Waals surface area contributed by atoms with Crippen molar-refractivity contribution in [1.82, 2.24) is 15.2 Å². The highest BCUT2D eigenvalue weighted by molar-refractivity contribution is 5.92. The fourth-order valence-electron chi connectivity index (χ4n) is 4.91. The number of nitrogens with zero attached hydrogens (tertiary/aromatic N) is 2. The van der Waals surface area contributed by atoms with Gasteiger partial charge in [-0.15, -0.1) is 0 Å². The van der Waals surface area contributed by atoms with E-state index in [1.165, 1.54) is 12.1 Å². The number of aromatic nitrogens is 1. The molecule has 0 unspecified atom stereocenters. The third-order valence-electron chi connectivity index (χ3n) is 7.21. The van der Waals surface area contributed by atoms with E-state index in [0.29, 0.717) is 25.2 Å². The quantitative estimate of drug-likeness (QED) is 0.426. The molecule has 1 saturated heterocycles. The molecule has 2 heterocycles. The number of halogens is 3. The zero-order valence-electron chi connectivity index (χ0n) is 20.2. The summed E-state index contributed by atoms with van der Waals surface area (Å²) in [5.41, 5.74) is 1.23. The zero-order valence-corrected chi connectivity index (χ0v) is 20.2. The van der Waals surface area contributed by atoms with Crippen LogP contribution in [0.3, 0.4) is 0 Å². The molecule has 1 aliphatic carbocycles. The van der Waals surface area contributed by atoms with E-state index in [4.69, 9.17) is 4.74 Å². The van der Waals surface area contributed by atoms with Gasteiger partial charge in [0.1, 0.15) is 11.4 Å². The number of fused-ring (bicyclic) bond motifs is 1. The van der Waals surface area contributed by atoms with E-state index in [1.54, 1.807) is 31.2 Å². The number of nitrogens with one attached hydrogen (secondary N) is 2. The van der Waals surface area contributed by atoms with Crippen molar-refractivity contribution in [2.45, 2.75) is 50.3 Å². The SMILES string of the molecule is CO[C@]1(c2ccc3nccc(N[C@H](C)c4cccc(C(F)F)c4F)c3c2)CCN(C(=O)NC2CC2)C1. The molecule has 2 aromatic carbocycles. The molecule has 5 rings (SSSR count). The molecule has 0 radical (unpaired) electrons. The van der Waals surface area contributed by atoms with Crippen LogP contribution < -0.4 is 10.6 Å². The number of amides is 2. The Hall–Kier alpha value is -3.33. The number of hydrogen-bond donors (Lipinski definition) is 2. The van der Waals surface area contributed by atoms with Crippen LogP contribution in [0.2, 0.25) is 0 Å². The molecule has 190 valence electrons. The van der Waals surface area contributed by atoms with Crippen LogP contribution in [0.4, 0.5) is 23.7 Å². The highest BCUT2D eigenvalue weighted by Crippen LogP contribution is 2.38. The minimum absolute atomic E-state index is 0.0666. The predicted molar refractivity (Wildman–Crippen MR) is 132 cm³/mol. The summed E-state index contributed by atoms with van der Waals surface area (Å²) in [4.78, 5) is 18.8. The van der Waals surface area contributed by atoms with Crippen molar-refractivity contribution in [3.8, 4) is 0 Å². The van der Waals surface area contributed by atoms with Crippen LogP contribution in [0.15, 0.2) is 48.7 Å². The molecule has 2 amide bonds. The number of alkyl halides is 2. The summed E-state index contributed by atoms with van der Waals surface area (Å²) in [7, 11) is 1.65. The van der Waals surface area contributed by atoms with Crippen LogP contribution in [0.1, 0.15) is 55.3 Å². The average Bonchev–Trinajstić information content (AvgIpc) is 3.57. The maximum Gasteiger partial charge on any atom is 0.317 e. The first kappa shape index (κ1) is 24.4. The molecule has 6 nitrogen and oxygen atoms in total. The number of likely N-dealkylation sites (tertiary alicyclic amines) is 1. The first-order valence-electron chi connectivity index (χ1n) is 12.1. The standard InChI is InChI=1S/C27H29F3N4O2/c1-16(19-4-3-5-20(24(19)28)25(29)30)32-23-10-12-31-22-9-6-17(14-21(22)23)27(36-2)11-13-34(15-27)26(35)33-18-7-8-18/h3-6,9-10,12,14,16,18,25H,7-8,11,13,15H2,1-2H3,(H,31,32)(H,33,35)/t16-,27-/m1/s1. The second-order valence-electron chi connectivity index (χ2n) is 9.60. The first-order chi connectivity index (χ1) is 17.3. The van der Waals surface area contributed by atoms with Crippen LogP contribution in [0.5, 0.6) is 0 Å². The van der Waals surface area contributed by atoms with Crippen molar-refractivity contribution in [3.05, 3.63) is 71.2 Å². The molecule has 2 fully saturated rings. The van der Waals surface area contributed by atoms with Crippen molar-refractivity contribution < 1.29 is 22.7 Å². The summed E-state index contributed by atoms with van der Waals surface area (Å²) < 4.78 is 47.2. The number of ether oxygens (including phenoxy) is 1. The number of pyridine rings is 1. The highest BCUT2D eigenvalue weighted by atomic mass is 19.3. The second-order valence-corrected chi connectivity index (χ2v) is 9.60. The number of methoxy groups -OCH3 is 1. The van der Waals surface area contributed by atoms with Gasteiger partial charge in [0, 0.05) is 49.0 Å². The van der Waals surface area contributed by atoms with Crippen molar-refractivity contribution in [2.75, 3.05) is 25.5 Å². The fraction of sp³-hybridized carbons (Fsp3) is 0.407. The summed E-state index contributed by atoms with van der Waals surface area (Å²) in [6.45, 7) is 2.74. The third kappa shape index (κ3) is 4.59. The number of benzene rings is 2. The third-order valence-corrected chi connectivity index (χ3v) is 7.21. The van der Waals surface area contributed by atoms with Gasteiger partial charge in [0.25, 0.3) is 6.43 Å². The van der Waals surface area contributed by atoms with Crippen LogP contribution >= 0.6 is 0 Å². The number of urea groups is 1. The molecule has 36 heavy (non-hydrogen) atoms. The molecule has 1 aliphatic heterocycles. The van der Waals surface area contributed by atoms with Gasteiger partial charge in [-0.2, -0.15) is 0 Å². The smallest absolute Gasteiger partial charge is 0.317 e. The van der Waals surface area contributed by atoms with E-state index in [-0.39, 0.29) is 17.6 Å². The topological polar surface area (TPSA) is 66.5 Å². The van der Waals surface area contributed by atoms with Gasteiger partial charge in [-0.3, -0.25) is 4.98 Å². The molecule has 2 aliphatic rings. The van der Waals surface area contributed by atoms with Crippen molar-refractivity contribution >= 4 is 22.6 Å². The molecular formula is C27H29F3N4O2. The van der Waals surface area contributed by atoms with E-state index in [0.717, 1.165) is 35.4 Å². The molecule has 2 N–H and O–H groups in total. The van der Waals surface area contributed by atoms with Gasteiger partial charge in [-0.1, -0.05) is 24.3 Å². The average molecular weight is 499 g/mol. The van der Waals surface area contributed by atoms with Gasteiger partial charge in [0.05, 0.1) is 23.7 Å². The first-order valence-corrected chi connectivity index (χ1v) is 12.1. The summed E-state index contributed by atoms with van der Waals surface area (Å²) in [6, 6.07) is 11.3. The number of hydrogen-bond acceptors (Lipinski definition) is 4. The summed E-state index contributed by atoms with van der Waals surface area (Å²) in [5, 5.41) is 7.10. The Morgan fingerprint density at radius 1 is 1.19 bits per heavy atom. The summed E-state index contributed by atoms with van der Waals surface area (Å²) in [5.74, 6) is -0.902. The van der Waals surface area contributed by atoms with Crippen molar-refractivity contribution in [3.63, 3.8) is 0 Å². The van der Waals surface area contributed by atoms with Crippen LogP contribution in [0, 0.1) is 5.82 Å². The Kier molecular flexibility index (Phi) is 6.51. The molecule has 0 spiro atoms. The fourth-order valence-corrected chi connectivity index (χ4v) is 4.91. The van der Waals surface area contributed by atoms with Gasteiger partial charge < -0.3 is 20.3 Å². The number of anilines is 1. The zero-order chi connectivity index (χ0) is 25.4. The maximum absolute atomic E-state index is 14.8. The van der Waals surface area contributed by atoms with Gasteiger partial charge in [0.15, 0.2) is 0 Å². The molecule has 3 aromatic rings. The van der Waals surface area contributed by atoms with Crippen molar-refractivity contribution in [2.24, 2.45) is 0 Å². The molecule has 2 atom stereocenters. The van der Waals surface area contributed by atoms with Crippen LogP contribution in [0.25, 0.3) is 10.9 Å². The predicted octanol–water partition coefficient (Wildman–Crippen LogP) is 5.90. The lowest BCUT2D eigenvalue weighted by Crippen LogP contribution is -2.42. The Balaban J connectivity index is 1.43. The lowest BCUT2D eigenvalue weighted by atomic mass is 9.91. The Morgan fingerprint density at radius 3 is 2.69 bits per heavy atom. The summed E-state index contributed by atoms with van der Waals surface area (Å²) in [6.07, 6.45) is 1.46. The molecular weight excluding hydrogens is 469 g/mol. The minimum Gasteiger partial charge on any atom is -0.378 e. The Labute approximate surface area is 207 Å². The molecule has 1 aromatic heterocycles. The van der Waals surface area contributed by atoms with E-state index in [1.807, 2.05) is 18.2 Å². The van der Waals surface area contributed by atoms with Gasteiger partial charge >= 0.3 is 6.03 Å². The van der Waals surface area contributed by atoms with E-state index in [9.17, 15) is 18.0 Å². The molecule has 0 bridgehead atoms. The second kappa shape index (κ2) is 9.61. The van der Waals surface area contributed by atoms with E-state index < -0.39 is 29.4 Å². The maximum atomic E-state index is 14.8. The minimum atomic E-state index is -2.89. The van der Waals surface area contributed by atoms with Gasteiger partial charge in [-0.05, 0) is 43.5 Å². The molecule has 1 saturated carbocycles. The largest absolute Gasteiger partial charge is 0.378 e. The Bertz CT molecular complexity index is 1280. The lowest BCUT2D eigenvalue weighted by Gasteiger charge is -2.29. The van der Waals surface area contributed by atoms with E-state index in [2.05, 4.69) is 15.6 Å². The number of rotatable bonds is 7. The number of carbonyl (C=O) groups is 1. The Morgan fingerprint density at radius 2 is 1.97 bits per heavy atom. The summed E-state index contributed by atoms with van der Waals surface area (Å²) >= 11 is 0. The van der Waals surface area contributed by atoms with Crippen LogP contribution in [-0.2, 0) is 10.3 Å². The van der Waals surface area contributed by atoms with Gasteiger partial charge in [-0.25, -0.2) is 18.0 Å². The van der Waals surface area contributed by atoms with Gasteiger partial charge in [0.2, 0.25) is 0 Å². The normalized spacial score (nSPS) is 20.7. The number of carbonyl (C=O) groups excluding carboxylic acids is 1. The highest BCUT2D eigenvalue weighted by Gasteiger charge is 2.42. The molecule has 9 heteroatoms. The lowest BCUT2D eigenvalue weighted by molar-refractivity contribution is -0.00311. The van der Waals surface area contributed by atoms with Crippen LogP contribution in [-0.4, -0.2) is 42.2 Å².